The van der Waals surface area contributed by atoms with Crippen LogP contribution in [0.1, 0.15) is 10.4 Å². The largest absolute Gasteiger partial charge is 0.385 e. The summed E-state index contributed by atoms with van der Waals surface area (Å²) in [6, 6.07) is 11.0. The van der Waals surface area contributed by atoms with Crippen LogP contribution in [0.3, 0.4) is 0 Å². The zero-order valence-corrected chi connectivity index (χ0v) is 12.2. The lowest BCUT2D eigenvalue weighted by Crippen LogP contribution is -2.23. The molecule has 0 heterocycles. The van der Waals surface area contributed by atoms with Crippen molar-refractivity contribution in [1.82, 2.24) is 0 Å². The van der Waals surface area contributed by atoms with Crippen molar-refractivity contribution in [3.63, 3.8) is 0 Å². The van der Waals surface area contributed by atoms with Crippen molar-refractivity contribution in [2.45, 2.75) is 5.38 Å². The Morgan fingerprint density at radius 1 is 1.10 bits per heavy atom. The number of carbonyl (C=O) groups is 1. The van der Waals surface area contributed by atoms with Crippen LogP contribution in [0.15, 0.2) is 46.9 Å². The van der Waals surface area contributed by atoms with Gasteiger partial charge in [0.25, 0.3) is 5.78 Å². The van der Waals surface area contributed by atoms with Gasteiger partial charge in [0.1, 0.15) is 5.82 Å². The molecule has 0 spiro atoms. The molecule has 0 fully saturated rings. The first-order valence-electron chi connectivity index (χ1n) is 5.47. The molecule has 0 radical (unpaired) electrons. The van der Waals surface area contributed by atoms with E-state index >= 15 is 0 Å². The SMILES string of the molecule is O=C(c1c(Br)ccc(-c2ccccc2)c1F)C(F)(F)Cl. The highest BCUT2D eigenvalue weighted by molar-refractivity contribution is 9.10. The van der Waals surface area contributed by atoms with E-state index < -0.39 is 22.5 Å². The molecule has 0 aromatic heterocycles. The van der Waals surface area contributed by atoms with E-state index in [1.54, 1.807) is 30.3 Å². The standard InChI is InChI=1S/C14H7BrClF3O/c15-10-7-6-9(8-4-2-1-3-5-8)12(17)11(10)13(20)14(16,18)19/h1-7H. The quantitative estimate of drug-likeness (QED) is 0.536. The Kier molecular flexibility index (Phi) is 4.20. The normalized spacial score (nSPS) is 11.4. The smallest absolute Gasteiger partial charge is 0.286 e. The van der Waals surface area contributed by atoms with Crippen LogP contribution in [0.4, 0.5) is 13.2 Å². The van der Waals surface area contributed by atoms with E-state index in [0.29, 0.717) is 5.56 Å². The van der Waals surface area contributed by atoms with Crippen LogP contribution in [-0.2, 0) is 0 Å². The molecule has 0 atom stereocenters. The van der Waals surface area contributed by atoms with Crippen molar-refractivity contribution in [3.05, 3.63) is 58.3 Å². The molecule has 2 rings (SSSR count). The molecule has 0 aliphatic heterocycles. The maximum atomic E-state index is 14.4. The summed E-state index contributed by atoms with van der Waals surface area (Å²) < 4.78 is 40.1. The first kappa shape index (κ1) is 15.1. The van der Waals surface area contributed by atoms with Gasteiger partial charge in [-0.2, -0.15) is 8.78 Å². The molecule has 0 saturated carbocycles. The van der Waals surface area contributed by atoms with Crippen LogP contribution in [-0.4, -0.2) is 11.2 Å². The van der Waals surface area contributed by atoms with Crippen LogP contribution in [0.2, 0.25) is 0 Å². The summed E-state index contributed by atoms with van der Waals surface area (Å²) in [5.74, 6) is -2.81. The van der Waals surface area contributed by atoms with Crippen LogP contribution >= 0.6 is 27.5 Å². The lowest BCUT2D eigenvalue weighted by atomic mass is 10.00. The Morgan fingerprint density at radius 2 is 1.70 bits per heavy atom. The fraction of sp³-hybridized carbons (Fsp3) is 0.0714. The number of ketones is 1. The summed E-state index contributed by atoms with van der Waals surface area (Å²) >= 11 is 7.58. The Labute approximate surface area is 126 Å². The summed E-state index contributed by atoms with van der Waals surface area (Å²) in [5, 5.41) is -4.15. The van der Waals surface area contributed by atoms with Gasteiger partial charge in [0, 0.05) is 10.0 Å². The average molecular weight is 364 g/mol. The van der Waals surface area contributed by atoms with Gasteiger partial charge >= 0.3 is 5.38 Å². The van der Waals surface area contributed by atoms with Crippen molar-refractivity contribution in [3.8, 4) is 11.1 Å². The minimum atomic E-state index is -4.15. The van der Waals surface area contributed by atoms with Gasteiger partial charge in [-0.05, 0) is 39.2 Å². The highest BCUT2D eigenvalue weighted by Gasteiger charge is 2.39. The summed E-state index contributed by atoms with van der Waals surface area (Å²) in [6.07, 6.45) is 0. The fourth-order valence-electron chi connectivity index (χ4n) is 1.74. The number of halogens is 5. The van der Waals surface area contributed by atoms with Crippen molar-refractivity contribution in [2.75, 3.05) is 0 Å². The molecule has 2 aromatic carbocycles. The maximum absolute atomic E-state index is 14.4. The van der Waals surface area contributed by atoms with Gasteiger partial charge in [-0.25, -0.2) is 4.39 Å². The molecular weight excluding hydrogens is 357 g/mol. The molecule has 0 bridgehead atoms. The van der Waals surface area contributed by atoms with Crippen molar-refractivity contribution in [1.29, 1.82) is 0 Å². The van der Waals surface area contributed by atoms with Gasteiger partial charge in [-0.15, -0.1) is 0 Å². The second-order valence-corrected chi connectivity index (χ2v) is 5.31. The monoisotopic (exact) mass is 362 g/mol. The topological polar surface area (TPSA) is 17.1 Å². The number of carbonyl (C=O) groups excluding carboxylic acids is 1. The van der Waals surface area contributed by atoms with Crippen LogP contribution in [0, 0.1) is 5.82 Å². The summed E-state index contributed by atoms with van der Waals surface area (Å²) in [7, 11) is 0. The van der Waals surface area contributed by atoms with E-state index in [2.05, 4.69) is 15.9 Å². The van der Waals surface area contributed by atoms with Gasteiger partial charge in [0.15, 0.2) is 0 Å². The predicted molar refractivity (Wildman–Crippen MR) is 74.7 cm³/mol. The van der Waals surface area contributed by atoms with Gasteiger partial charge < -0.3 is 0 Å². The number of benzene rings is 2. The molecule has 2 aromatic rings. The van der Waals surface area contributed by atoms with E-state index in [4.69, 9.17) is 11.6 Å². The van der Waals surface area contributed by atoms with Crippen LogP contribution < -0.4 is 0 Å². The molecule has 6 heteroatoms. The van der Waals surface area contributed by atoms with E-state index in [9.17, 15) is 18.0 Å². The Morgan fingerprint density at radius 3 is 2.25 bits per heavy atom. The minimum absolute atomic E-state index is 0.0538. The molecule has 1 nitrogen and oxygen atoms in total. The molecule has 0 amide bonds. The van der Waals surface area contributed by atoms with E-state index in [0.717, 1.165) is 0 Å². The van der Waals surface area contributed by atoms with E-state index in [1.807, 2.05) is 0 Å². The molecular formula is C14H7BrClF3O. The highest BCUT2D eigenvalue weighted by Crippen LogP contribution is 2.34. The molecule has 0 aliphatic rings. The molecule has 0 aliphatic carbocycles. The molecule has 0 N–H and O–H groups in total. The van der Waals surface area contributed by atoms with E-state index in [1.165, 1.54) is 12.1 Å². The zero-order chi connectivity index (χ0) is 14.9. The summed E-state index contributed by atoms with van der Waals surface area (Å²) in [6.45, 7) is 0. The number of alkyl halides is 3. The predicted octanol–water partition coefficient (Wildman–Crippen LogP) is 5.27. The first-order chi connectivity index (χ1) is 9.32. The van der Waals surface area contributed by atoms with Gasteiger partial charge in [0.05, 0.1) is 5.56 Å². The van der Waals surface area contributed by atoms with Crippen molar-refractivity contribution >= 4 is 33.3 Å². The highest BCUT2D eigenvalue weighted by atomic mass is 79.9. The summed E-state index contributed by atoms with van der Waals surface area (Å²) in [4.78, 5) is 11.5. The van der Waals surface area contributed by atoms with Crippen molar-refractivity contribution < 1.29 is 18.0 Å². The number of hydrogen-bond acceptors (Lipinski definition) is 1. The van der Waals surface area contributed by atoms with Gasteiger partial charge in [0.2, 0.25) is 0 Å². The fourth-order valence-corrected chi connectivity index (χ4v) is 2.32. The van der Waals surface area contributed by atoms with Crippen molar-refractivity contribution in [2.24, 2.45) is 0 Å². The van der Waals surface area contributed by atoms with E-state index in [-0.39, 0.29) is 10.0 Å². The van der Waals surface area contributed by atoms with Crippen LogP contribution in [0.5, 0.6) is 0 Å². The molecule has 0 unspecified atom stereocenters. The third-order valence-corrected chi connectivity index (χ3v) is 3.49. The average Bonchev–Trinajstić information content (AvgIpc) is 2.38. The Hall–Kier alpha value is -1.33. The molecule has 0 saturated heterocycles. The second-order valence-electron chi connectivity index (χ2n) is 3.98. The lowest BCUT2D eigenvalue weighted by Gasteiger charge is -2.12. The second kappa shape index (κ2) is 5.58. The molecule has 20 heavy (non-hydrogen) atoms. The van der Waals surface area contributed by atoms with Crippen LogP contribution in [0.25, 0.3) is 11.1 Å². The van der Waals surface area contributed by atoms with Gasteiger partial charge in [-0.1, -0.05) is 36.4 Å². The first-order valence-corrected chi connectivity index (χ1v) is 6.64. The number of hydrogen-bond donors (Lipinski definition) is 0. The lowest BCUT2D eigenvalue weighted by molar-refractivity contribution is 0.0530. The maximum Gasteiger partial charge on any atom is 0.385 e. The van der Waals surface area contributed by atoms with Gasteiger partial charge in [-0.3, -0.25) is 4.79 Å². The summed E-state index contributed by atoms with van der Waals surface area (Å²) in [5.41, 5.74) is -0.228. The third kappa shape index (κ3) is 2.88. The third-order valence-electron chi connectivity index (χ3n) is 2.66. The minimum Gasteiger partial charge on any atom is -0.286 e. The molecule has 104 valence electrons. The zero-order valence-electron chi connectivity index (χ0n) is 9.84. The Balaban J connectivity index is 2.63. The number of Topliss-reactive ketones (excluding diaryl/α,β-unsaturated/α-hetero) is 1. The Bertz CT molecular complexity index is 653. The number of rotatable bonds is 3.